The largest absolute Gasteiger partial charge is 0.390 e. The molecule has 2 aliphatic heterocycles. The van der Waals surface area contributed by atoms with Crippen molar-refractivity contribution in [2.24, 2.45) is 0 Å². The zero-order chi connectivity index (χ0) is 10.5. The van der Waals surface area contributed by atoms with Gasteiger partial charge in [-0.1, -0.05) is 0 Å². The number of hydrogen-bond donors (Lipinski definition) is 4. The van der Waals surface area contributed by atoms with Crippen molar-refractivity contribution in [1.82, 2.24) is 4.90 Å². The summed E-state index contributed by atoms with van der Waals surface area (Å²) in [5.74, 6) is -0.344. The molecule has 5 atom stereocenters. The molecule has 0 aromatic heterocycles. The lowest BCUT2D eigenvalue weighted by molar-refractivity contribution is -0.153. The van der Waals surface area contributed by atoms with E-state index in [2.05, 4.69) is 0 Å². The van der Waals surface area contributed by atoms with Crippen molar-refractivity contribution < 1.29 is 25.2 Å². The van der Waals surface area contributed by atoms with Crippen LogP contribution in [0.1, 0.15) is 6.42 Å². The van der Waals surface area contributed by atoms with Crippen LogP contribution in [-0.4, -0.2) is 68.2 Å². The van der Waals surface area contributed by atoms with Gasteiger partial charge in [-0.25, -0.2) is 0 Å². The maximum Gasteiger partial charge on any atom is 0.225 e. The number of nitrogens with zero attached hydrogens (tertiary/aromatic N) is 1. The summed E-state index contributed by atoms with van der Waals surface area (Å²) in [6.07, 6.45) is -4.70. The molecule has 0 radical (unpaired) electrons. The number of hydrogen-bond acceptors (Lipinski definition) is 5. The SMILES string of the molecule is O=C1C[C@@H](O)[C@@H](O)[C@@H]2[C@H](O)[C@@H](O)CN12. The summed E-state index contributed by atoms with van der Waals surface area (Å²) < 4.78 is 0. The van der Waals surface area contributed by atoms with Gasteiger partial charge in [0.15, 0.2) is 0 Å². The highest BCUT2D eigenvalue weighted by Crippen LogP contribution is 2.28. The maximum absolute atomic E-state index is 11.4. The molecule has 6 nitrogen and oxygen atoms in total. The number of piperidine rings is 1. The summed E-state index contributed by atoms with van der Waals surface area (Å²) in [5, 5.41) is 37.6. The Hall–Kier alpha value is -0.690. The standard InChI is InChI=1S/C8H13NO5/c10-3-1-5(12)9-2-4(11)8(14)6(9)7(3)13/h3-4,6-8,10-11,13-14H,1-2H2/t3-,4+,6-,7-,8-/m1/s1. The molecular weight excluding hydrogens is 190 g/mol. The number of rotatable bonds is 0. The van der Waals surface area contributed by atoms with Crippen LogP contribution in [0.15, 0.2) is 0 Å². The minimum absolute atomic E-state index is 0.0223. The van der Waals surface area contributed by atoms with Gasteiger partial charge in [0.1, 0.15) is 12.2 Å². The van der Waals surface area contributed by atoms with Gasteiger partial charge in [-0.2, -0.15) is 0 Å². The molecular formula is C8H13NO5. The van der Waals surface area contributed by atoms with Crippen molar-refractivity contribution in [3.63, 3.8) is 0 Å². The van der Waals surface area contributed by atoms with E-state index in [0.717, 1.165) is 0 Å². The first-order valence-corrected chi connectivity index (χ1v) is 4.54. The maximum atomic E-state index is 11.4. The van der Waals surface area contributed by atoms with E-state index in [-0.39, 0.29) is 18.9 Å². The highest BCUT2D eigenvalue weighted by Gasteiger charge is 2.51. The van der Waals surface area contributed by atoms with Crippen LogP contribution in [-0.2, 0) is 4.79 Å². The molecule has 0 spiro atoms. The van der Waals surface area contributed by atoms with Crippen LogP contribution in [0.5, 0.6) is 0 Å². The van der Waals surface area contributed by atoms with E-state index in [4.69, 9.17) is 0 Å². The highest BCUT2D eigenvalue weighted by molar-refractivity contribution is 5.79. The van der Waals surface area contributed by atoms with E-state index < -0.39 is 30.5 Å². The van der Waals surface area contributed by atoms with Crippen LogP contribution in [0.25, 0.3) is 0 Å². The molecule has 2 saturated heterocycles. The third-order valence-corrected chi connectivity index (χ3v) is 2.94. The Kier molecular flexibility index (Phi) is 2.23. The summed E-state index contributed by atoms with van der Waals surface area (Å²) in [5.41, 5.74) is 0. The fraction of sp³-hybridized carbons (Fsp3) is 0.875. The van der Waals surface area contributed by atoms with Crippen molar-refractivity contribution >= 4 is 5.91 Å². The first kappa shape index (κ1) is 9.85. The van der Waals surface area contributed by atoms with E-state index in [9.17, 15) is 25.2 Å². The molecule has 1 amide bonds. The minimum Gasteiger partial charge on any atom is -0.390 e. The fourth-order valence-electron chi connectivity index (χ4n) is 2.14. The van der Waals surface area contributed by atoms with Gasteiger partial charge in [0.2, 0.25) is 5.91 Å². The third-order valence-electron chi connectivity index (χ3n) is 2.94. The molecule has 0 aromatic rings. The van der Waals surface area contributed by atoms with Gasteiger partial charge in [0.05, 0.1) is 24.7 Å². The Labute approximate surface area is 80.4 Å². The molecule has 0 bridgehead atoms. The zero-order valence-corrected chi connectivity index (χ0v) is 7.45. The molecule has 14 heavy (non-hydrogen) atoms. The Balaban J connectivity index is 2.25. The van der Waals surface area contributed by atoms with Crippen LogP contribution in [0.2, 0.25) is 0 Å². The van der Waals surface area contributed by atoms with E-state index in [1.807, 2.05) is 0 Å². The van der Waals surface area contributed by atoms with Crippen LogP contribution in [0, 0.1) is 0 Å². The van der Waals surface area contributed by atoms with Crippen LogP contribution in [0.4, 0.5) is 0 Å². The smallest absolute Gasteiger partial charge is 0.225 e. The predicted molar refractivity (Wildman–Crippen MR) is 44.1 cm³/mol. The van der Waals surface area contributed by atoms with Gasteiger partial charge in [-0.3, -0.25) is 4.79 Å². The first-order valence-electron chi connectivity index (χ1n) is 4.54. The molecule has 0 saturated carbocycles. The van der Waals surface area contributed by atoms with Crippen LogP contribution < -0.4 is 0 Å². The predicted octanol–water partition coefficient (Wildman–Crippen LogP) is -2.96. The van der Waals surface area contributed by atoms with Crippen molar-refractivity contribution in [1.29, 1.82) is 0 Å². The monoisotopic (exact) mass is 203 g/mol. The number of aliphatic hydroxyl groups excluding tert-OH is 4. The Bertz CT molecular complexity index is 258. The summed E-state index contributed by atoms with van der Waals surface area (Å²) >= 11 is 0. The van der Waals surface area contributed by atoms with E-state index in [1.54, 1.807) is 0 Å². The van der Waals surface area contributed by atoms with Gasteiger partial charge in [0, 0.05) is 6.54 Å². The van der Waals surface area contributed by atoms with E-state index in [0.29, 0.717) is 0 Å². The fourth-order valence-corrected chi connectivity index (χ4v) is 2.14. The Morgan fingerprint density at radius 1 is 1.07 bits per heavy atom. The van der Waals surface area contributed by atoms with Crippen molar-refractivity contribution in [2.45, 2.75) is 36.9 Å². The second kappa shape index (κ2) is 3.16. The summed E-state index contributed by atoms with van der Waals surface area (Å²) in [6.45, 7) is 0.0223. The second-order valence-corrected chi connectivity index (χ2v) is 3.86. The summed E-state index contributed by atoms with van der Waals surface area (Å²) in [4.78, 5) is 12.6. The van der Waals surface area contributed by atoms with E-state index >= 15 is 0 Å². The van der Waals surface area contributed by atoms with Gasteiger partial charge in [0.25, 0.3) is 0 Å². The molecule has 0 aromatic carbocycles. The van der Waals surface area contributed by atoms with Gasteiger partial charge in [-0.15, -0.1) is 0 Å². The topological polar surface area (TPSA) is 101 Å². The average Bonchev–Trinajstić information content (AvgIpc) is 2.41. The van der Waals surface area contributed by atoms with Crippen molar-refractivity contribution in [3.8, 4) is 0 Å². The number of carbonyl (C=O) groups excluding carboxylic acids is 1. The molecule has 2 rings (SSSR count). The zero-order valence-electron chi connectivity index (χ0n) is 7.45. The van der Waals surface area contributed by atoms with E-state index in [1.165, 1.54) is 4.90 Å². The molecule has 6 heteroatoms. The minimum atomic E-state index is -1.18. The van der Waals surface area contributed by atoms with Gasteiger partial charge < -0.3 is 25.3 Å². The first-order chi connectivity index (χ1) is 6.52. The Morgan fingerprint density at radius 3 is 2.29 bits per heavy atom. The number of carbonyl (C=O) groups is 1. The van der Waals surface area contributed by atoms with Crippen LogP contribution in [0.3, 0.4) is 0 Å². The number of aliphatic hydroxyl groups is 4. The molecule has 2 fully saturated rings. The summed E-state index contributed by atoms with van der Waals surface area (Å²) in [6, 6.07) is -0.874. The quantitative estimate of drug-likeness (QED) is 0.337. The lowest BCUT2D eigenvalue weighted by Crippen LogP contribution is -2.57. The lowest BCUT2D eigenvalue weighted by atomic mass is 9.94. The lowest BCUT2D eigenvalue weighted by Gasteiger charge is -2.37. The summed E-state index contributed by atoms with van der Waals surface area (Å²) in [7, 11) is 0. The average molecular weight is 203 g/mol. The van der Waals surface area contributed by atoms with Crippen molar-refractivity contribution in [3.05, 3.63) is 0 Å². The van der Waals surface area contributed by atoms with Crippen LogP contribution >= 0.6 is 0 Å². The Morgan fingerprint density at radius 2 is 1.64 bits per heavy atom. The normalized spacial score (nSPS) is 48.1. The third kappa shape index (κ3) is 1.23. The number of fused-ring (bicyclic) bond motifs is 1. The van der Waals surface area contributed by atoms with Gasteiger partial charge >= 0.3 is 0 Å². The molecule has 80 valence electrons. The number of amides is 1. The molecule has 0 unspecified atom stereocenters. The highest BCUT2D eigenvalue weighted by atomic mass is 16.4. The van der Waals surface area contributed by atoms with Crippen molar-refractivity contribution in [2.75, 3.05) is 6.54 Å². The van der Waals surface area contributed by atoms with Gasteiger partial charge in [-0.05, 0) is 0 Å². The molecule has 2 aliphatic rings. The molecule has 0 aliphatic carbocycles. The second-order valence-electron chi connectivity index (χ2n) is 3.86. The molecule has 2 heterocycles. The molecule has 4 N–H and O–H groups in total.